The van der Waals surface area contributed by atoms with E-state index in [9.17, 15) is 0 Å². The summed E-state index contributed by atoms with van der Waals surface area (Å²) in [5.74, 6) is 2.09. The standard InChI is InChI=1S/C15H25N3O/c1-2-9-19-10-3-8-18-14-6-7-16-11-13(14)17-15(18)12-4-5-12/h12,16H,2-11H2,1H3. The zero-order valence-electron chi connectivity index (χ0n) is 12.0. The van der Waals surface area contributed by atoms with Crippen LogP contribution < -0.4 is 5.32 Å². The van der Waals surface area contributed by atoms with Gasteiger partial charge in [0.25, 0.3) is 0 Å². The van der Waals surface area contributed by atoms with Crippen molar-refractivity contribution in [2.75, 3.05) is 19.8 Å². The fourth-order valence-corrected chi connectivity index (χ4v) is 2.87. The number of ether oxygens (including phenoxy) is 1. The second-order valence-corrected chi connectivity index (χ2v) is 5.68. The molecule has 3 rings (SSSR count). The molecule has 1 saturated carbocycles. The van der Waals surface area contributed by atoms with Gasteiger partial charge in [0.15, 0.2) is 0 Å². The van der Waals surface area contributed by atoms with Gasteiger partial charge in [-0.3, -0.25) is 0 Å². The number of hydrogen-bond acceptors (Lipinski definition) is 3. The van der Waals surface area contributed by atoms with Gasteiger partial charge in [-0.1, -0.05) is 6.92 Å². The van der Waals surface area contributed by atoms with Gasteiger partial charge in [-0.15, -0.1) is 0 Å². The van der Waals surface area contributed by atoms with Crippen molar-refractivity contribution in [2.24, 2.45) is 0 Å². The Labute approximate surface area is 115 Å². The zero-order chi connectivity index (χ0) is 13.1. The van der Waals surface area contributed by atoms with E-state index in [0.717, 1.165) is 58.0 Å². The third kappa shape index (κ3) is 3.00. The van der Waals surface area contributed by atoms with E-state index >= 15 is 0 Å². The number of nitrogens with one attached hydrogen (secondary N) is 1. The Balaban J connectivity index is 1.66. The summed E-state index contributed by atoms with van der Waals surface area (Å²) in [5.41, 5.74) is 2.78. The summed E-state index contributed by atoms with van der Waals surface area (Å²) >= 11 is 0. The van der Waals surface area contributed by atoms with Crippen LogP contribution in [-0.2, 0) is 24.2 Å². The SMILES string of the molecule is CCCOCCCn1c(C2CC2)nc2c1CCNC2. The molecule has 106 valence electrons. The maximum Gasteiger partial charge on any atom is 0.112 e. The Morgan fingerprint density at radius 1 is 1.37 bits per heavy atom. The molecular weight excluding hydrogens is 238 g/mol. The van der Waals surface area contributed by atoms with Crippen molar-refractivity contribution in [2.45, 2.75) is 58.0 Å². The molecule has 1 aliphatic heterocycles. The minimum atomic E-state index is 0.738. The molecule has 0 bridgehead atoms. The van der Waals surface area contributed by atoms with Crippen LogP contribution in [0.3, 0.4) is 0 Å². The maximum absolute atomic E-state index is 5.60. The number of aromatic nitrogens is 2. The number of nitrogens with zero attached hydrogens (tertiary/aromatic N) is 2. The summed E-state index contributed by atoms with van der Waals surface area (Å²) in [5, 5.41) is 3.42. The first-order valence-electron chi connectivity index (χ1n) is 7.76. The first-order valence-corrected chi connectivity index (χ1v) is 7.76. The van der Waals surface area contributed by atoms with Gasteiger partial charge in [-0.05, 0) is 25.7 Å². The molecule has 2 heterocycles. The van der Waals surface area contributed by atoms with Gasteiger partial charge in [0.05, 0.1) is 5.69 Å². The van der Waals surface area contributed by atoms with E-state index in [1.54, 1.807) is 0 Å². The lowest BCUT2D eigenvalue weighted by Gasteiger charge is -2.16. The van der Waals surface area contributed by atoms with Crippen molar-refractivity contribution in [1.82, 2.24) is 14.9 Å². The highest BCUT2D eigenvalue weighted by Crippen LogP contribution is 2.40. The van der Waals surface area contributed by atoms with Crippen molar-refractivity contribution in [1.29, 1.82) is 0 Å². The first kappa shape index (κ1) is 13.1. The van der Waals surface area contributed by atoms with Crippen LogP contribution >= 0.6 is 0 Å². The van der Waals surface area contributed by atoms with Crippen LogP contribution in [0.5, 0.6) is 0 Å². The monoisotopic (exact) mass is 263 g/mol. The predicted molar refractivity (Wildman–Crippen MR) is 75.3 cm³/mol. The number of imidazole rings is 1. The largest absolute Gasteiger partial charge is 0.381 e. The molecule has 1 fully saturated rings. The average molecular weight is 263 g/mol. The molecule has 1 aliphatic carbocycles. The lowest BCUT2D eigenvalue weighted by molar-refractivity contribution is 0.129. The first-order chi connectivity index (χ1) is 9.40. The van der Waals surface area contributed by atoms with Crippen molar-refractivity contribution in [3.8, 4) is 0 Å². The molecular formula is C15H25N3O. The van der Waals surface area contributed by atoms with Gasteiger partial charge in [0.1, 0.15) is 5.82 Å². The quantitative estimate of drug-likeness (QED) is 0.767. The molecule has 0 atom stereocenters. The van der Waals surface area contributed by atoms with Crippen LogP contribution in [0.1, 0.15) is 55.7 Å². The van der Waals surface area contributed by atoms with E-state index in [-0.39, 0.29) is 0 Å². The van der Waals surface area contributed by atoms with Crippen molar-refractivity contribution < 1.29 is 4.74 Å². The molecule has 0 radical (unpaired) electrons. The van der Waals surface area contributed by atoms with E-state index in [1.807, 2.05) is 0 Å². The second kappa shape index (κ2) is 6.06. The summed E-state index contributed by atoms with van der Waals surface area (Å²) in [7, 11) is 0. The molecule has 4 heteroatoms. The number of fused-ring (bicyclic) bond motifs is 1. The minimum absolute atomic E-state index is 0.738. The Hall–Kier alpha value is -0.870. The Morgan fingerprint density at radius 3 is 3.05 bits per heavy atom. The van der Waals surface area contributed by atoms with E-state index in [2.05, 4.69) is 16.8 Å². The van der Waals surface area contributed by atoms with Gasteiger partial charge in [0, 0.05) is 50.9 Å². The average Bonchev–Trinajstić information content (AvgIpc) is 3.21. The van der Waals surface area contributed by atoms with Gasteiger partial charge >= 0.3 is 0 Å². The lowest BCUT2D eigenvalue weighted by Crippen LogP contribution is -2.25. The third-order valence-corrected chi connectivity index (χ3v) is 3.98. The van der Waals surface area contributed by atoms with Crippen LogP contribution in [0.4, 0.5) is 0 Å². The Kier molecular flexibility index (Phi) is 4.18. The van der Waals surface area contributed by atoms with Crippen LogP contribution in [0, 0.1) is 0 Å². The highest BCUT2D eigenvalue weighted by atomic mass is 16.5. The van der Waals surface area contributed by atoms with Gasteiger partial charge in [-0.2, -0.15) is 0 Å². The molecule has 2 aliphatic rings. The van der Waals surface area contributed by atoms with Gasteiger partial charge in [0.2, 0.25) is 0 Å². The van der Waals surface area contributed by atoms with Crippen molar-refractivity contribution in [3.05, 3.63) is 17.2 Å². The molecule has 0 saturated heterocycles. The molecule has 0 aromatic carbocycles. The topological polar surface area (TPSA) is 39.1 Å². The van der Waals surface area contributed by atoms with Gasteiger partial charge in [-0.25, -0.2) is 4.98 Å². The zero-order valence-corrected chi connectivity index (χ0v) is 12.0. The summed E-state index contributed by atoms with van der Waals surface area (Å²) in [6.07, 6.45) is 6.01. The second-order valence-electron chi connectivity index (χ2n) is 5.68. The highest BCUT2D eigenvalue weighted by molar-refractivity contribution is 5.24. The summed E-state index contributed by atoms with van der Waals surface area (Å²) in [6.45, 7) is 7.05. The highest BCUT2D eigenvalue weighted by Gasteiger charge is 2.31. The van der Waals surface area contributed by atoms with Crippen molar-refractivity contribution >= 4 is 0 Å². The summed E-state index contributed by atoms with van der Waals surface area (Å²) < 4.78 is 8.10. The van der Waals surface area contributed by atoms with Crippen molar-refractivity contribution in [3.63, 3.8) is 0 Å². The fourth-order valence-electron chi connectivity index (χ4n) is 2.87. The van der Waals surface area contributed by atoms with Crippen LogP contribution in [0.25, 0.3) is 0 Å². The normalized spacial score (nSPS) is 18.6. The van der Waals surface area contributed by atoms with Gasteiger partial charge < -0.3 is 14.6 Å². The molecule has 4 nitrogen and oxygen atoms in total. The van der Waals surface area contributed by atoms with Crippen LogP contribution in [0.15, 0.2) is 0 Å². The lowest BCUT2D eigenvalue weighted by atomic mass is 10.2. The van der Waals surface area contributed by atoms with E-state index in [0.29, 0.717) is 0 Å². The number of rotatable bonds is 7. The predicted octanol–water partition coefficient (Wildman–Crippen LogP) is 2.22. The van der Waals surface area contributed by atoms with Crippen LogP contribution in [-0.4, -0.2) is 29.3 Å². The minimum Gasteiger partial charge on any atom is -0.381 e. The molecule has 0 spiro atoms. The smallest absolute Gasteiger partial charge is 0.112 e. The Bertz CT molecular complexity index is 423. The maximum atomic E-state index is 5.60. The molecule has 1 aromatic heterocycles. The molecule has 0 amide bonds. The molecule has 1 aromatic rings. The molecule has 1 N–H and O–H groups in total. The van der Waals surface area contributed by atoms with E-state index in [4.69, 9.17) is 9.72 Å². The molecule has 0 unspecified atom stereocenters. The third-order valence-electron chi connectivity index (χ3n) is 3.98. The Morgan fingerprint density at radius 2 is 2.26 bits per heavy atom. The fraction of sp³-hybridized carbons (Fsp3) is 0.800. The summed E-state index contributed by atoms with van der Waals surface area (Å²) in [4.78, 5) is 4.89. The molecule has 19 heavy (non-hydrogen) atoms. The summed E-state index contributed by atoms with van der Waals surface area (Å²) in [6, 6.07) is 0. The van der Waals surface area contributed by atoms with E-state index < -0.39 is 0 Å². The van der Waals surface area contributed by atoms with Crippen LogP contribution in [0.2, 0.25) is 0 Å². The van der Waals surface area contributed by atoms with E-state index in [1.165, 1.54) is 30.1 Å². The number of hydrogen-bond donors (Lipinski definition) is 1.